The molecule has 160 valence electrons. The number of thioether (sulfide) groups is 1. The molecule has 0 unspecified atom stereocenters. The van der Waals surface area contributed by atoms with Crippen molar-refractivity contribution in [3.8, 4) is 11.5 Å². The lowest BCUT2D eigenvalue weighted by atomic mass is 10.2. The van der Waals surface area contributed by atoms with Crippen molar-refractivity contribution in [3.63, 3.8) is 0 Å². The lowest BCUT2D eigenvalue weighted by molar-refractivity contribution is 0.354. The molecule has 2 N–H and O–H groups in total. The fourth-order valence-corrected chi connectivity index (χ4v) is 4.65. The number of nitrogens with two attached hydrogens (primary N) is 1. The average Bonchev–Trinajstić information content (AvgIpc) is 2.72. The highest BCUT2D eigenvalue weighted by molar-refractivity contribution is 7.99. The van der Waals surface area contributed by atoms with Gasteiger partial charge in [-0.2, -0.15) is 0 Å². The molecule has 1 heterocycles. The third kappa shape index (κ3) is 5.32. The molecule has 0 spiro atoms. The minimum absolute atomic E-state index is 0.118. The number of hydrogen-bond donors (Lipinski definition) is 1. The highest BCUT2D eigenvalue weighted by Gasteiger charge is 2.14. The van der Waals surface area contributed by atoms with E-state index in [1.807, 2.05) is 18.2 Å². The molecule has 0 radical (unpaired) electrons. The zero-order chi connectivity index (χ0) is 21.7. The van der Waals surface area contributed by atoms with Gasteiger partial charge in [0.05, 0.1) is 37.4 Å². The molecular weight excluding hydrogens is 426 g/mol. The van der Waals surface area contributed by atoms with E-state index < -0.39 is 10.0 Å². The normalized spacial score (nSPS) is 11.6. The summed E-state index contributed by atoms with van der Waals surface area (Å²) in [7, 11) is -0.408. The summed E-state index contributed by atoms with van der Waals surface area (Å²) >= 11 is 1.33. The third-order valence-electron chi connectivity index (χ3n) is 4.42. The standard InChI is InChI=1S/C20H23N3O5S2/c1-27-17-9-8-14(12-18(17)28-2)13-23-19(24)15-6-3-4-7-16(15)22-20(23)29-10-5-11-30(21,25)26/h3-4,6-9,12H,5,10-11,13H2,1-2H3,(H2,21,25,26). The largest absolute Gasteiger partial charge is 0.493 e. The van der Waals surface area contributed by atoms with Crippen LogP contribution < -0.4 is 20.2 Å². The van der Waals surface area contributed by atoms with Crippen LogP contribution in [-0.2, 0) is 16.6 Å². The molecule has 10 heteroatoms. The van der Waals surface area contributed by atoms with Crippen molar-refractivity contribution in [2.45, 2.75) is 18.1 Å². The molecule has 0 saturated carbocycles. The summed E-state index contributed by atoms with van der Waals surface area (Å²) in [6, 6.07) is 12.6. The van der Waals surface area contributed by atoms with Gasteiger partial charge >= 0.3 is 0 Å². The van der Waals surface area contributed by atoms with E-state index in [4.69, 9.17) is 14.6 Å². The van der Waals surface area contributed by atoms with Gasteiger partial charge < -0.3 is 9.47 Å². The van der Waals surface area contributed by atoms with Gasteiger partial charge in [0.15, 0.2) is 16.7 Å². The summed E-state index contributed by atoms with van der Waals surface area (Å²) in [6.07, 6.45) is 0.364. The van der Waals surface area contributed by atoms with Crippen LogP contribution >= 0.6 is 11.8 Å². The van der Waals surface area contributed by atoms with Gasteiger partial charge in [0.1, 0.15) is 0 Å². The van der Waals surface area contributed by atoms with E-state index in [0.717, 1.165) is 5.56 Å². The Balaban J connectivity index is 1.97. The summed E-state index contributed by atoms with van der Waals surface area (Å²) in [5.41, 5.74) is 1.28. The Morgan fingerprint density at radius 2 is 1.83 bits per heavy atom. The maximum Gasteiger partial charge on any atom is 0.262 e. The molecule has 3 rings (SSSR count). The number of aromatic nitrogens is 2. The van der Waals surface area contributed by atoms with E-state index in [-0.39, 0.29) is 17.9 Å². The van der Waals surface area contributed by atoms with E-state index in [2.05, 4.69) is 4.98 Å². The number of rotatable bonds is 9. The Morgan fingerprint density at radius 3 is 2.53 bits per heavy atom. The van der Waals surface area contributed by atoms with Gasteiger partial charge in [-0.05, 0) is 36.2 Å². The zero-order valence-corrected chi connectivity index (χ0v) is 18.3. The number of hydrogen-bond acceptors (Lipinski definition) is 7. The molecular formula is C20H23N3O5S2. The number of para-hydroxylation sites is 1. The van der Waals surface area contributed by atoms with Crippen molar-refractivity contribution in [3.05, 3.63) is 58.4 Å². The predicted octanol–water partition coefficient (Wildman–Crippen LogP) is 2.23. The Bertz CT molecular complexity index is 1210. The molecule has 8 nitrogen and oxygen atoms in total. The van der Waals surface area contributed by atoms with Gasteiger partial charge in [-0.25, -0.2) is 18.5 Å². The summed E-state index contributed by atoms with van der Waals surface area (Å²) in [5, 5.41) is 6.10. The first kappa shape index (κ1) is 22.1. The second-order valence-electron chi connectivity index (χ2n) is 6.56. The maximum absolute atomic E-state index is 13.2. The summed E-state index contributed by atoms with van der Waals surface area (Å²) in [5.74, 6) is 1.52. The van der Waals surface area contributed by atoms with Crippen molar-refractivity contribution >= 4 is 32.7 Å². The van der Waals surface area contributed by atoms with Crippen LogP contribution in [0.2, 0.25) is 0 Å². The summed E-state index contributed by atoms with van der Waals surface area (Å²) < 4.78 is 34.5. The van der Waals surface area contributed by atoms with Gasteiger partial charge in [-0.15, -0.1) is 0 Å². The van der Waals surface area contributed by atoms with Crippen molar-refractivity contribution in [2.24, 2.45) is 5.14 Å². The van der Waals surface area contributed by atoms with Crippen LogP contribution in [0.15, 0.2) is 52.4 Å². The number of fused-ring (bicyclic) bond motifs is 1. The van der Waals surface area contributed by atoms with Gasteiger partial charge in [-0.3, -0.25) is 9.36 Å². The highest BCUT2D eigenvalue weighted by atomic mass is 32.2. The molecule has 0 amide bonds. The van der Waals surface area contributed by atoms with E-state index >= 15 is 0 Å². The number of methoxy groups -OCH3 is 2. The second-order valence-corrected chi connectivity index (χ2v) is 9.36. The minimum Gasteiger partial charge on any atom is -0.493 e. The van der Waals surface area contributed by atoms with E-state index in [9.17, 15) is 13.2 Å². The van der Waals surface area contributed by atoms with Crippen LogP contribution in [0.25, 0.3) is 10.9 Å². The fourth-order valence-electron chi connectivity index (χ4n) is 2.98. The molecule has 0 aliphatic carbocycles. The number of ether oxygens (including phenoxy) is 2. The molecule has 0 fully saturated rings. The molecule has 1 aromatic heterocycles. The number of primary sulfonamides is 1. The molecule has 0 aliphatic heterocycles. The molecule has 0 aliphatic rings. The van der Waals surface area contributed by atoms with Crippen molar-refractivity contribution in [1.29, 1.82) is 0 Å². The molecule has 3 aromatic rings. The van der Waals surface area contributed by atoms with Crippen molar-refractivity contribution in [1.82, 2.24) is 9.55 Å². The lowest BCUT2D eigenvalue weighted by Crippen LogP contribution is -2.24. The third-order valence-corrected chi connectivity index (χ3v) is 6.34. The SMILES string of the molecule is COc1ccc(Cn2c(SCCCS(N)(=O)=O)nc3ccccc3c2=O)cc1OC. The van der Waals surface area contributed by atoms with Gasteiger partial charge in [0.25, 0.3) is 5.56 Å². The molecule has 0 bridgehead atoms. The molecule has 30 heavy (non-hydrogen) atoms. The summed E-state index contributed by atoms with van der Waals surface area (Å²) in [4.78, 5) is 17.8. The minimum atomic E-state index is -3.52. The van der Waals surface area contributed by atoms with Crippen molar-refractivity contribution < 1.29 is 17.9 Å². The Labute approximate surface area is 179 Å². The molecule has 0 atom stereocenters. The maximum atomic E-state index is 13.2. The van der Waals surface area contributed by atoms with E-state index in [1.165, 1.54) is 11.8 Å². The smallest absolute Gasteiger partial charge is 0.262 e. The van der Waals surface area contributed by atoms with Crippen LogP contribution in [0.5, 0.6) is 11.5 Å². The van der Waals surface area contributed by atoms with Crippen LogP contribution in [0.3, 0.4) is 0 Å². The van der Waals surface area contributed by atoms with Gasteiger partial charge in [-0.1, -0.05) is 30.0 Å². The fraction of sp³-hybridized carbons (Fsp3) is 0.300. The van der Waals surface area contributed by atoms with Crippen LogP contribution in [0.1, 0.15) is 12.0 Å². The van der Waals surface area contributed by atoms with Gasteiger partial charge in [0.2, 0.25) is 10.0 Å². The zero-order valence-electron chi connectivity index (χ0n) is 16.7. The first-order valence-electron chi connectivity index (χ1n) is 9.16. The van der Waals surface area contributed by atoms with Crippen LogP contribution in [0, 0.1) is 0 Å². The van der Waals surface area contributed by atoms with Crippen LogP contribution in [0.4, 0.5) is 0 Å². The first-order valence-corrected chi connectivity index (χ1v) is 11.9. The first-order chi connectivity index (χ1) is 14.3. The number of nitrogens with zero attached hydrogens (tertiary/aromatic N) is 2. The second kappa shape index (κ2) is 9.50. The quantitative estimate of drug-likeness (QED) is 0.303. The van der Waals surface area contributed by atoms with Gasteiger partial charge in [0, 0.05) is 5.75 Å². The average molecular weight is 450 g/mol. The highest BCUT2D eigenvalue weighted by Crippen LogP contribution is 2.28. The Hall–Kier alpha value is -2.56. The predicted molar refractivity (Wildman–Crippen MR) is 118 cm³/mol. The van der Waals surface area contributed by atoms with Crippen LogP contribution in [-0.4, -0.2) is 43.7 Å². The monoisotopic (exact) mass is 449 g/mol. The van der Waals surface area contributed by atoms with E-state index in [1.54, 1.807) is 43.1 Å². The van der Waals surface area contributed by atoms with E-state index in [0.29, 0.717) is 39.7 Å². The molecule has 0 saturated heterocycles. The topological polar surface area (TPSA) is 114 Å². The van der Waals surface area contributed by atoms with Crippen molar-refractivity contribution in [2.75, 3.05) is 25.7 Å². The Kier molecular flexibility index (Phi) is 7.01. The number of benzene rings is 2. The summed E-state index contributed by atoms with van der Waals surface area (Å²) in [6.45, 7) is 0.286. The molecule has 2 aromatic carbocycles. The number of sulfonamides is 1. The lowest BCUT2D eigenvalue weighted by Gasteiger charge is -2.14. The Morgan fingerprint density at radius 1 is 1.10 bits per heavy atom.